The number of hydrogen-bond donors (Lipinski definition) is 0. The largest absolute Gasteiger partial charge is 0.497 e. The van der Waals surface area contributed by atoms with Gasteiger partial charge in [0.25, 0.3) is 0 Å². The summed E-state index contributed by atoms with van der Waals surface area (Å²) in [5, 5.41) is 0. The fourth-order valence-corrected chi connectivity index (χ4v) is 6.63. The van der Waals surface area contributed by atoms with Gasteiger partial charge in [0.15, 0.2) is 0 Å². The van der Waals surface area contributed by atoms with Crippen molar-refractivity contribution in [3.05, 3.63) is 48.0 Å². The number of esters is 1. The van der Waals surface area contributed by atoms with Crippen LogP contribution in [-0.2, 0) is 19.1 Å². The van der Waals surface area contributed by atoms with Crippen LogP contribution in [0.4, 0.5) is 0 Å². The van der Waals surface area contributed by atoms with Gasteiger partial charge in [0.1, 0.15) is 17.0 Å². The highest BCUT2D eigenvalue weighted by atomic mass is 16.5. The van der Waals surface area contributed by atoms with Crippen LogP contribution in [0.2, 0.25) is 0 Å². The maximum Gasteiger partial charge on any atom is 0.327 e. The van der Waals surface area contributed by atoms with E-state index >= 15 is 0 Å². The molecule has 5 rings (SSSR count). The number of carbonyl (C=O) groups is 3. The molecule has 2 aromatic rings. The number of methoxy groups -OCH3 is 3. The number of piperidine rings is 1. The molecule has 3 saturated heterocycles. The van der Waals surface area contributed by atoms with Crippen LogP contribution in [0.25, 0.3) is 11.1 Å². The van der Waals surface area contributed by atoms with E-state index in [1.54, 1.807) is 21.1 Å². The molecule has 8 nitrogen and oxygen atoms in total. The number of rotatable bonds is 6. The Morgan fingerprint density at radius 2 is 1.75 bits per heavy atom. The third-order valence-electron chi connectivity index (χ3n) is 8.18. The summed E-state index contributed by atoms with van der Waals surface area (Å²) in [6.07, 6.45) is 2.18. The summed E-state index contributed by atoms with van der Waals surface area (Å²) in [5.41, 5.74) is 1.59. The lowest BCUT2D eigenvalue weighted by Gasteiger charge is -2.44. The van der Waals surface area contributed by atoms with Crippen LogP contribution < -0.4 is 9.47 Å². The first-order chi connectivity index (χ1) is 17.4. The normalized spacial score (nSPS) is 27.6. The minimum absolute atomic E-state index is 0.214. The standard InChI is InChI=1S/C28H32N2O6/c1-5-29-25(31)22-23(26(29)32)28(27(33)36-4)14-6-7-15-30(28)24(22)18-10-13-20(21(16-18)35-3)17-8-11-19(34-2)12-9-17/h8-13,16,22-24H,5-7,14-15H2,1-4H3/t22-,23-,24-,28+/m1/s1. The van der Waals surface area contributed by atoms with E-state index in [1.165, 1.54) is 12.0 Å². The Bertz CT molecular complexity index is 1200. The lowest BCUT2D eigenvalue weighted by atomic mass is 9.75. The first kappa shape index (κ1) is 24.3. The van der Waals surface area contributed by atoms with E-state index in [2.05, 4.69) is 4.90 Å². The minimum Gasteiger partial charge on any atom is -0.497 e. The monoisotopic (exact) mass is 492 g/mol. The molecule has 0 saturated carbocycles. The molecule has 3 fully saturated rings. The Balaban J connectivity index is 1.63. The maximum atomic E-state index is 13.6. The van der Waals surface area contributed by atoms with Gasteiger partial charge in [0.2, 0.25) is 11.8 Å². The molecule has 0 unspecified atom stereocenters. The zero-order chi connectivity index (χ0) is 25.6. The summed E-state index contributed by atoms with van der Waals surface area (Å²) in [7, 11) is 4.60. The molecule has 0 N–H and O–H groups in total. The lowest BCUT2D eigenvalue weighted by molar-refractivity contribution is -0.164. The molecule has 190 valence electrons. The lowest BCUT2D eigenvalue weighted by Crippen LogP contribution is -2.59. The van der Waals surface area contributed by atoms with Crippen LogP contribution in [0.3, 0.4) is 0 Å². The van der Waals surface area contributed by atoms with Crippen molar-refractivity contribution in [3.63, 3.8) is 0 Å². The number of carbonyl (C=O) groups excluding carboxylic acids is 3. The predicted molar refractivity (Wildman–Crippen MR) is 132 cm³/mol. The molecular weight excluding hydrogens is 460 g/mol. The van der Waals surface area contributed by atoms with Gasteiger partial charge in [-0.2, -0.15) is 0 Å². The van der Waals surface area contributed by atoms with Crippen molar-refractivity contribution in [2.24, 2.45) is 11.8 Å². The molecule has 36 heavy (non-hydrogen) atoms. The SMILES string of the molecule is CCN1C(=O)[C@H]2[C@@H](c3ccc(-c4ccc(OC)cc4)c(OC)c3)N3CCCC[C@@]3(C(=O)OC)[C@H]2C1=O. The second kappa shape index (κ2) is 9.24. The van der Waals surface area contributed by atoms with Crippen molar-refractivity contribution >= 4 is 17.8 Å². The van der Waals surface area contributed by atoms with Gasteiger partial charge in [-0.1, -0.05) is 24.3 Å². The van der Waals surface area contributed by atoms with Crippen LogP contribution in [0.15, 0.2) is 42.5 Å². The van der Waals surface area contributed by atoms with Gasteiger partial charge in [-0.05, 0) is 62.1 Å². The van der Waals surface area contributed by atoms with Crippen molar-refractivity contribution in [1.82, 2.24) is 9.80 Å². The third-order valence-corrected chi connectivity index (χ3v) is 8.18. The van der Waals surface area contributed by atoms with Crippen molar-refractivity contribution in [2.75, 3.05) is 34.4 Å². The van der Waals surface area contributed by atoms with Crippen molar-refractivity contribution in [1.29, 1.82) is 0 Å². The zero-order valence-electron chi connectivity index (χ0n) is 21.2. The van der Waals surface area contributed by atoms with Crippen LogP contribution in [0, 0.1) is 11.8 Å². The fraction of sp³-hybridized carbons (Fsp3) is 0.464. The maximum absolute atomic E-state index is 13.6. The smallest absolute Gasteiger partial charge is 0.327 e. The number of hydrogen-bond acceptors (Lipinski definition) is 7. The number of likely N-dealkylation sites (tertiary alicyclic amines) is 1. The third kappa shape index (κ3) is 3.34. The molecule has 2 amide bonds. The minimum atomic E-state index is -1.14. The van der Waals surface area contributed by atoms with Gasteiger partial charge >= 0.3 is 5.97 Å². The average molecular weight is 493 g/mol. The van der Waals surface area contributed by atoms with Crippen LogP contribution >= 0.6 is 0 Å². The number of imide groups is 1. The molecular formula is C28H32N2O6. The van der Waals surface area contributed by atoms with E-state index < -0.39 is 29.4 Å². The van der Waals surface area contributed by atoms with Gasteiger partial charge in [-0.3, -0.25) is 24.2 Å². The second-order valence-corrected chi connectivity index (χ2v) is 9.62. The van der Waals surface area contributed by atoms with Gasteiger partial charge in [-0.15, -0.1) is 0 Å². The van der Waals surface area contributed by atoms with E-state index in [4.69, 9.17) is 14.2 Å². The van der Waals surface area contributed by atoms with Crippen molar-refractivity contribution in [2.45, 2.75) is 37.8 Å². The Hall–Kier alpha value is -3.39. The van der Waals surface area contributed by atoms with E-state index in [0.717, 1.165) is 35.3 Å². The Morgan fingerprint density at radius 3 is 2.39 bits per heavy atom. The quantitative estimate of drug-likeness (QED) is 0.451. The second-order valence-electron chi connectivity index (χ2n) is 9.62. The molecule has 0 aromatic heterocycles. The van der Waals surface area contributed by atoms with Gasteiger partial charge in [-0.25, -0.2) is 0 Å². The Morgan fingerprint density at radius 1 is 1.00 bits per heavy atom. The van der Waals surface area contributed by atoms with E-state index in [0.29, 0.717) is 18.7 Å². The summed E-state index contributed by atoms with van der Waals surface area (Å²) in [6.45, 7) is 2.69. The molecule has 3 aliphatic heterocycles. The summed E-state index contributed by atoms with van der Waals surface area (Å²) >= 11 is 0. The Kier molecular flexibility index (Phi) is 6.24. The highest BCUT2D eigenvalue weighted by Gasteiger charge is 2.72. The van der Waals surface area contributed by atoms with E-state index in [1.807, 2.05) is 42.5 Å². The van der Waals surface area contributed by atoms with Crippen LogP contribution in [0.5, 0.6) is 11.5 Å². The summed E-state index contributed by atoms with van der Waals surface area (Å²) in [6, 6.07) is 13.2. The number of benzene rings is 2. The van der Waals surface area contributed by atoms with E-state index in [-0.39, 0.29) is 18.4 Å². The van der Waals surface area contributed by atoms with Crippen LogP contribution in [0.1, 0.15) is 37.8 Å². The molecule has 0 bridgehead atoms. The van der Waals surface area contributed by atoms with E-state index in [9.17, 15) is 14.4 Å². The topological polar surface area (TPSA) is 85.4 Å². The number of amides is 2. The van der Waals surface area contributed by atoms with Crippen molar-refractivity contribution in [3.8, 4) is 22.6 Å². The van der Waals surface area contributed by atoms with Crippen molar-refractivity contribution < 1.29 is 28.6 Å². The molecule has 3 aliphatic rings. The van der Waals surface area contributed by atoms with Gasteiger partial charge in [0, 0.05) is 18.2 Å². The predicted octanol–water partition coefficient (Wildman–Crippen LogP) is 3.44. The van der Waals surface area contributed by atoms with Crippen LogP contribution in [-0.4, -0.2) is 67.5 Å². The summed E-state index contributed by atoms with van der Waals surface area (Å²) < 4.78 is 16.3. The molecule has 0 radical (unpaired) electrons. The summed E-state index contributed by atoms with van der Waals surface area (Å²) in [4.78, 5) is 43.9. The molecule has 4 atom stereocenters. The zero-order valence-corrected chi connectivity index (χ0v) is 21.2. The fourth-order valence-electron chi connectivity index (χ4n) is 6.63. The molecule has 0 spiro atoms. The first-order valence-corrected chi connectivity index (χ1v) is 12.5. The summed E-state index contributed by atoms with van der Waals surface area (Å²) in [5.74, 6) is -0.893. The Labute approximate surface area is 211 Å². The number of nitrogens with zero attached hydrogens (tertiary/aromatic N) is 2. The molecule has 3 heterocycles. The van der Waals surface area contributed by atoms with Gasteiger partial charge in [0.05, 0.1) is 33.2 Å². The molecule has 8 heteroatoms. The average Bonchev–Trinajstić information content (AvgIpc) is 3.37. The number of fused-ring (bicyclic) bond motifs is 3. The highest BCUT2D eigenvalue weighted by Crippen LogP contribution is 2.58. The molecule has 2 aromatic carbocycles. The number of ether oxygens (including phenoxy) is 3. The first-order valence-electron chi connectivity index (χ1n) is 12.5. The van der Waals surface area contributed by atoms with Gasteiger partial charge < -0.3 is 14.2 Å². The highest BCUT2D eigenvalue weighted by molar-refractivity contribution is 6.09. The molecule has 0 aliphatic carbocycles.